The smallest absolute Gasteiger partial charge is 0.305 e. The Morgan fingerprint density at radius 1 is 1.10 bits per heavy atom. The van der Waals surface area contributed by atoms with Crippen molar-refractivity contribution >= 4 is 5.97 Å². The van der Waals surface area contributed by atoms with Crippen LogP contribution in [0, 0.1) is 0 Å². The normalized spacial score (nSPS) is 10.3. The maximum Gasteiger partial charge on any atom is 0.305 e. The fourth-order valence-electron chi connectivity index (χ4n) is 1.89. The Bertz CT molecular complexity index is 376. The van der Waals surface area contributed by atoms with Gasteiger partial charge in [-0.3, -0.25) is 4.79 Å². The van der Waals surface area contributed by atoms with Crippen molar-refractivity contribution in [3.05, 3.63) is 29.8 Å². The van der Waals surface area contributed by atoms with Crippen LogP contribution in [0.25, 0.3) is 0 Å². The van der Waals surface area contributed by atoms with Crippen molar-refractivity contribution in [2.75, 3.05) is 20.3 Å². The van der Waals surface area contributed by atoms with Crippen LogP contribution in [0.4, 0.5) is 0 Å². The Kier molecular flexibility index (Phi) is 8.47. The molecule has 0 aromatic heterocycles. The van der Waals surface area contributed by atoms with E-state index in [2.05, 4.69) is 4.74 Å². The number of carbonyl (C=O) groups is 1. The van der Waals surface area contributed by atoms with Crippen molar-refractivity contribution < 1.29 is 14.3 Å². The third kappa shape index (κ3) is 7.14. The minimum Gasteiger partial charge on any atom is -0.494 e. The van der Waals surface area contributed by atoms with Gasteiger partial charge in [-0.25, -0.2) is 0 Å². The highest BCUT2D eigenvalue weighted by molar-refractivity contribution is 5.69. The first kappa shape index (κ1) is 16.5. The number of nitrogens with two attached hydrogens (primary N) is 1. The maximum absolute atomic E-state index is 11.0. The van der Waals surface area contributed by atoms with Gasteiger partial charge in [-0.2, -0.15) is 0 Å². The summed E-state index contributed by atoms with van der Waals surface area (Å²) in [5.41, 5.74) is 6.56. The van der Waals surface area contributed by atoms with Crippen LogP contribution in [0.15, 0.2) is 24.3 Å². The number of carbonyl (C=O) groups excluding carboxylic acids is 1. The summed E-state index contributed by atoms with van der Waals surface area (Å²) in [6, 6.07) is 7.89. The first-order chi connectivity index (χ1) is 9.76. The van der Waals surface area contributed by atoms with Crippen LogP contribution in [0.5, 0.6) is 5.75 Å². The number of aryl methyl sites for hydroxylation is 1. The highest BCUT2D eigenvalue weighted by atomic mass is 16.5. The molecule has 112 valence electrons. The molecule has 2 N–H and O–H groups in total. The lowest BCUT2D eigenvalue weighted by molar-refractivity contribution is -0.140. The number of ether oxygens (including phenoxy) is 2. The summed E-state index contributed by atoms with van der Waals surface area (Å²) in [6.07, 6.45) is 5.60. The zero-order valence-corrected chi connectivity index (χ0v) is 12.3. The molecule has 0 aliphatic carbocycles. The van der Waals surface area contributed by atoms with Crippen LogP contribution >= 0.6 is 0 Å². The van der Waals surface area contributed by atoms with E-state index >= 15 is 0 Å². The van der Waals surface area contributed by atoms with Crippen LogP contribution in [0.2, 0.25) is 0 Å². The monoisotopic (exact) mass is 279 g/mol. The van der Waals surface area contributed by atoms with Crippen LogP contribution in [0.1, 0.15) is 37.7 Å². The van der Waals surface area contributed by atoms with E-state index in [9.17, 15) is 4.79 Å². The molecule has 0 amide bonds. The van der Waals surface area contributed by atoms with Crippen LogP contribution in [-0.2, 0) is 16.0 Å². The molecule has 0 heterocycles. The van der Waals surface area contributed by atoms with Crippen LogP contribution < -0.4 is 10.5 Å². The largest absolute Gasteiger partial charge is 0.494 e. The van der Waals surface area contributed by atoms with Gasteiger partial charge >= 0.3 is 5.97 Å². The van der Waals surface area contributed by atoms with Crippen LogP contribution in [-0.4, -0.2) is 26.2 Å². The van der Waals surface area contributed by atoms with Gasteiger partial charge in [-0.05, 0) is 43.5 Å². The first-order valence-electron chi connectivity index (χ1n) is 7.25. The molecule has 0 saturated heterocycles. The van der Waals surface area contributed by atoms with Gasteiger partial charge in [0.15, 0.2) is 0 Å². The summed E-state index contributed by atoms with van der Waals surface area (Å²) in [6.45, 7) is 1.51. The minimum absolute atomic E-state index is 0.178. The highest BCUT2D eigenvalue weighted by Gasteiger charge is 2.01. The number of esters is 1. The molecule has 0 bridgehead atoms. The first-order valence-corrected chi connectivity index (χ1v) is 7.25. The second kappa shape index (κ2) is 10.3. The second-order valence-corrected chi connectivity index (χ2v) is 4.77. The van der Waals surface area contributed by atoms with Gasteiger partial charge in [0.05, 0.1) is 13.7 Å². The van der Waals surface area contributed by atoms with E-state index in [4.69, 9.17) is 10.5 Å². The molecule has 4 nitrogen and oxygen atoms in total. The third-order valence-electron chi connectivity index (χ3n) is 3.14. The topological polar surface area (TPSA) is 61.5 Å². The quantitative estimate of drug-likeness (QED) is 0.528. The molecule has 0 radical (unpaired) electrons. The van der Waals surface area contributed by atoms with Crippen LogP contribution in [0.3, 0.4) is 0 Å². The van der Waals surface area contributed by atoms with E-state index in [0.29, 0.717) is 12.8 Å². The van der Waals surface area contributed by atoms with E-state index in [1.54, 1.807) is 0 Å². The molecule has 0 spiro atoms. The number of hydrogen-bond acceptors (Lipinski definition) is 4. The summed E-state index contributed by atoms with van der Waals surface area (Å²) in [4.78, 5) is 11.0. The lowest BCUT2D eigenvalue weighted by atomic mass is 10.1. The van der Waals surface area contributed by atoms with Crippen molar-refractivity contribution in [1.82, 2.24) is 0 Å². The molecule has 0 unspecified atom stereocenters. The predicted molar refractivity (Wildman–Crippen MR) is 79.8 cm³/mol. The maximum atomic E-state index is 11.0. The summed E-state index contributed by atoms with van der Waals surface area (Å²) < 4.78 is 10.3. The van der Waals surface area contributed by atoms with Gasteiger partial charge in [-0.15, -0.1) is 0 Å². The van der Waals surface area contributed by atoms with Gasteiger partial charge in [0.2, 0.25) is 0 Å². The molecule has 0 aliphatic heterocycles. The highest BCUT2D eigenvalue weighted by Crippen LogP contribution is 2.14. The third-order valence-corrected chi connectivity index (χ3v) is 3.14. The molecule has 1 rings (SSSR count). The van der Waals surface area contributed by atoms with E-state index < -0.39 is 0 Å². The average molecular weight is 279 g/mol. The summed E-state index contributed by atoms with van der Waals surface area (Å²) in [7, 11) is 1.41. The molecular weight excluding hydrogens is 254 g/mol. The van der Waals surface area contributed by atoms with Gasteiger partial charge in [0.1, 0.15) is 5.75 Å². The Hall–Kier alpha value is -1.55. The Morgan fingerprint density at radius 2 is 1.80 bits per heavy atom. The van der Waals surface area contributed by atoms with E-state index in [1.807, 2.05) is 24.3 Å². The second-order valence-electron chi connectivity index (χ2n) is 4.77. The van der Waals surface area contributed by atoms with E-state index in [1.165, 1.54) is 13.5 Å². The molecular formula is C16H25NO3. The Morgan fingerprint density at radius 3 is 2.45 bits per heavy atom. The van der Waals surface area contributed by atoms with E-state index in [-0.39, 0.29) is 5.97 Å². The Balaban J connectivity index is 2.19. The lowest BCUT2D eigenvalue weighted by Gasteiger charge is -2.07. The molecule has 0 fully saturated rings. The number of rotatable bonds is 10. The van der Waals surface area contributed by atoms with Crippen molar-refractivity contribution in [1.29, 1.82) is 0 Å². The molecule has 4 heteroatoms. The SMILES string of the molecule is COC(=O)CCc1ccc(OCCCCCCN)cc1. The minimum atomic E-state index is -0.178. The van der Waals surface area contributed by atoms with E-state index in [0.717, 1.165) is 43.7 Å². The van der Waals surface area contributed by atoms with Gasteiger partial charge in [0.25, 0.3) is 0 Å². The van der Waals surface area contributed by atoms with Crippen molar-refractivity contribution in [2.45, 2.75) is 38.5 Å². The number of hydrogen-bond donors (Lipinski definition) is 1. The predicted octanol–water partition coefficient (Wildman–Crippen LogP) is 2.69. The van der Waals surface area contributed by atoms with Gasteiger partial charge in [0, 0.05) is 6.42 Å². The van der Waals surface area contributed by atoms with Crippen molar-refractivity contribution in [3.8, 4) is 5.75 Å². The zero-order valence-electron chi connectivity index (χ0n) is 12.3. The van der Waals surface area contributed by atoms with Crippen molar-refractivity contribution in [3.63, 3.8) is 0 Å². The summed E-state index contributed by atoms with van der Waals surface area (Å²) in [5, 5.41) is 0. The molecule has 20 heavy (non-hydrogen) atoms. The molecule has 1 aromatic carbocycles. The fraction of sp³-hybridized carbons (Fsp3) is 0.562. The summed E-state index contributed by atoms with van der Waals surface area (Å²) in [5.74, 6) is 0.702. The Labute approximate surface area is 121 Å². The average Bonchev–Trinajstić information content (AvgIpc) is 2.49. The molecule has 0 aliphatic rings. The van der Waals surface area contributed by atoms with Gasteiger partial charge < -0.3 is 15.2 Å². The standard InChI is InChI=1S/C16H25NO3/c1-19-16(18)11-8-14-6-9-15(10-7-14)20-13-5-3-2-4-12-17/h6-7,9-10H,2-5,8,11-13,17H2,1H3. The molecule has 0 atom stereocenters. The molecule has 0 saturated carbocycles. The number of unbranched alkanes of at least 4 members (excludes halogenated alkanes) is 3. The number of benzene rings is 1. The number of methoxy groups -OCH3 is 1. The fourth-order valence-corrected chi connectivity index (χ4v) is 1.89. The van der Waals surface area contributed by atoms with Crippen molar-refractivity contribution in [2.24, 2.45) is 5.73 Å². The molecule has 1 aromatic rings. The van der Waals surface area contributed by atoms with Gasteiger partial charge in [-0.1, -0.05) is 25.0 Å². The zero-order chi connectivity index (χ0) is 14.6. The summed E-state index contributed by atoms with van der Waals surface area (Å²) >= 11 is 0. The lowest BCUT2D eigenvalue weighted by Crippen LogP contribution is -2.02.